The number of anilines is 1. The molecular formula is C22H24N4O3S2. The molecular weight excluding hydrogens is 432 g/mol. The number of carbonyl (C=O) groups is 2. The average molecular weight is 457 g/mol. The molecule has 9 heteroatoms. The molecule has 1 atom stereocenters. The molecule has 0 radical (unpaired) electrons. The van der Waals surface area contributed by atoms with Crippen LogP contribution in [-0.4, -0.2) is 33.1 Å². The first-order chi connectivity index (χ1) is 14.8. The molecule has 0 spiro atoms. The lowest BCUT2D eigenvalue weighted by atomic mass is 10.2. The number of hydrogen-bond donors (Lipinski definition) is 3. The molecule has 0 saturated heterocycles. The Morgan fingerprint density at radius 2 is 2.10 bits per heavy atom. The van der Waals surface area contributed by atoms with Crippen molar-refractivity contribution in [3.05, 3.63) is 56.4 Å². The Balaban J connectivity index is 1.37. The van der Waals surface area contributed by atoms with Gasteiger partial charge in [-0.25, -0.2) is 4.98 Å². The standard InChI is InChI=1S/C22H24N4O3S2/c1-11-12(2)31-22-18(11)21(29)25-17(26-22)10-30-13(3)19(27)24-16-6-4-5-14(9-16)20(28)23-15-7-8-15/h4-6,9,13,15H,7-8,10H2,1-3H3,(H,23,28)(H,24,27)(H,25,26,29)/t13-/m1/s1. The highest BCUT2D eigenvalue weighted by Crippen LogP contribution is 2.27. The van der Waals surface area contributed by atoms with Gasteiger partial charge in [0.1, 0.15) is 10.7 Å². The summed E-state index contributed by atoms with van der Waals surface area (Å²) in [6.45, 7) is 5.71. The van der Waals surface area contributed by atoms with Crippen LogP contribution in [0.25, 0.3) is 10.2 Å². The summed E-state index contributed by atoms with van der Waals surface area (Å²) in [6.07, 6.45) is 2.05. The van der Waals surface area contributed by atoms with Crippen molar-refractivity contribution in [3.63, 3.8) is 0 Å². The molecule has 0 aliphatic heterocycles. The van der Waals surface area contributed by atoms with E-state index < -0.39 is 0 Å². The molecule has 2 aromatic heterocycles. The fourth-order valence-corrected chi connectivity index (χ4v) is 4.93. The van der Waals surface area contributed by atoms with Gasteiger partial charge in [-0.05, 0) is 57.4 Å². The smallest absolute Gasteiger partial charge is 0.259 e. The van der Waals surface area contributed by atoms with Gasteiger partial charge in [-0.15, -0.1) is 23.1 Å². The number of aromatic amines is 1. The first-order valence-electron chi connectivity index (χ1n) is 10.1. The van der Waals surface area contributed by atoms with Gasteiger partial charge in [-0.1, -0.05) is 6.07 Å². The second kappa shape index (κ2) is 8.84. The van der Waals surface area contributed by atoms with E-state index in [0.29, 0.717) is 28.2 Å². The van der Waals surface area contributed by atoms with Crippen LogP contribution >= 0.6 is 23.1 Å². The number of H-pyrrole nitrogens is 1. The number of fused-ring (bicyclic) bond motifs is 1. The summed E-state index contributed by atoms with van der Waals surface area (Å²) in [5, 5.41) is 6.09. The zero-order valence-electron chi connectivity index (χ0n) is 17.6. The van der Waals surface area contributed by atoms with Gasteiger partial charge in [0.25, 0.3) is 11.5 Å². The number of carbonyl (C=O) groups excluding carboxylic acids is 2. The number of nitrogens with one attached hydrogen (secondary N) is 3. The minimum atomic E-state index is -0.364. The Morgan fingerprint density at radius 3 is 2.84 bits per heavy atom. The summed E-state index contributed by atoms with van der Waals surface area (Å²) in [5.41, 5.74) is 1.94. The predicted molar refractivity (Wildman–Crippen MR) is 126 cm³/mol. The number of hydrogen-bond acceptors (Lipinski definition) is 6. The van der Waals surface area contributed by atoms with Crippen molar-refractivity contribution in [1.29, 1.82) is 0 Å². The van der Waals surface area contributed by atoms with E-state index in [0.717, 1.165) is 28.1 Å². The number of nitrogens with zero attached hydrogens (tertiary/aromatic N) is 1. The molecule has 1 saturated carbocycles. The highest BCUT2D eigenvalue weighted by molar-refractivity contribution is 7.99. The molecule has 4 rings (SSSR count). The molecule has 3 N–H and O–H groups in total. The normalized spacial score (nSPS) is 14.4. The third-order valence-corrected chi connectivity index (χ3v) is 7.49. The first kappa shape index (κ1) is 21.6. The number of thiophene rings is 1. The molecule has 2 amide bonds. The number of aryl methyl sites for hydroxylation is 2. The second-order valence-corrected chi connectivity index (χ2v) is 10.3. The summed E-state index contributed by atoms with van der Waals surface area (Å²) in [5.74, 6) is 0.684. The van der Waals surface area contributed by atoms with Crippen molar-refractivity contribution in [2.24, 2.45) is 0 Å². The lowest BCUT2D eigenvalue weighted by molar-refractivity contribution is -0.115. The van der Waals surface area contributed by atoms with E-state index in [2.05, 4.69) is 20.6 Å². The summed E-state index contributed by atoms with van der Waals surface area (Å²) in [6, 6.07) is 7.21. The lowest BCUT2D eigenvalue weighted by Gasteiger charge is -2.12. The monoisotopic (exact) mass is 456 g/mol. The number of amides is 2. The third kappa shape index (κ3) is 4.99. The number of benzene rings is 1. The molecule has 2 heterocycles. The Hall–Kier alpha value is -2.65. The van der Waals surface area contributed by atoms with Crippen molar-refractivity contribution in [1.82, 2.24) is 15.3 Å². The quantitative estimate of drug-likeness (QED) is 0.502. The van der Waals surface area contributed by atoms with Crippen LogP contribution in [0.5, 0.6) is 0 Å². The molecule has 3 aromatic rings. The Labute approximate surface area is 188 Å². The van der Waals surface area contributed by atoms with Gasteiger partial charge >= 0.3 is 0 Å². The fraction of sp³-hybridized carbons (Fsp3) is 0.364. The summed E-state index contributed by atoms with van der Waals surface area (Å²) in [4.78, 5) is 46.4. The van der Waals surface area contributed by atoms with Crippen LogP contribution in [0.3, 0.4) is 0 Å². The van der Waals surface area contributed by atoms with Crippen molar-refractivity contribution >= 4 is 50.8 Å². The van der Waals surface area contributed by atoms with E-state index in [9.17, 15) is 14.4 Å². The van der Waals surface area contributed by atoms with Crippen molar-refractivity contribution in [2.45, 2.75) is 50.7 Å². The summed E-state index contributed by atoms with van der Waals surface area (Å²) < 4.78 is 0. The third-order valence-electron chi connectivity index (χ3n) is 5.23. The Morgan fingerprint density at radius 1 is 1.32 bits per heavy atom. The molecule has 31 heavy (non-hydrogen) atoms. The van der Waals surface area contributed by atoms with E-state index in [1.165, 1.54) is 23.1 Å². The number of rotatable bonds is 7. The topological polar surface area (TPSA) is 104 Å². The highest BCUT2D eigenvalue weighted by atomic mass is 32.2. The molecule has 7 nitrogen and oxygen atoms in total. The van der Waals surface area contributed by atoms with E-state index in [1.54, 1.807) is 31.2 Å². The summed E-state index contributed by atoms with van der Waals surface area (Å²) in [7, 11) is 0. The van der Waals surface area contributed by atoms with Crippen molar-refractivity contribution < 1.29 is 9.59 Å². The van der Waals surface area contributed by atoms with Crippen LogP contribution in [0.2, 0.25) is 0 Å². The largest absolute Gasteiger partial charge is 0.349 e. The van der Waals surface area contributed by atoms with Crippen LogP contribution < -0.4 is 16.2 Å². The van der Waals surface area contributed by atoms with E-state index in [-0.39, 0.29) is 28.7 Å². The molecule has 1 aliphatic rings. The minimum absolute atomic E-state index is 0.120. The van der Waals surface area contributed by atoms with Gasteiger partial charge in [0.05, 0.1) is 16.4 Å². The highest BCUT2D eigenvalue weighted by Gasteiger charge is 2.24. The number of thioether (sulfide) groups is 1. The lowest BCUT2D eigenvalue weighted by Crippen LogP contribution is -2.26. The SMILES string of the molecule is Cc1sc2nc(CS[C@H](C)C(=O)Nc3cccc(C(=O)NC4CC4)c3)[nH]c(=O)c2c1C. The molecule has 162 valence electrons. The molecule has 0 bridgehead atoms. The van der Waals surface area contributed by atoms with Gasteiger partial charge in [0.15, 0.2) is 0 Å². The van der Waals surface area contributed by atoms with E-state index >= 15 is 0 Å². The average Bonchev–Trinajstić information content (AvgIpc) is 3.50. The minimum Gasteiger partial charge on any atom is -0.349 e. The fourth-order valence-electron chi connectivity index (χ4n) is 3.13. The maximum atomic E-state index is 12.6. The van der Waals surface area contributed by atoms with Crippen LogP contribution in [0.4, 0.5) is 5.69 Å². The van der Waals surface area contributed by atoms with Crippen LogP contribution in [0, 0.1) is 13.8 Å². The van der Waals surface area contributed by atoms with Gasteiger partial charge in [-0.2, -0.15) is 0 Å². The van der Waals surface area contributed by atoms with Gasteiger partial charge < -0.3 is 15.6 Å². The van der Waals surface area contributed by atoms with Gasteiger partial charge in [0, 0.05) is 22.2 Å². The zero-order chi connectivity index (χ0) is 22.1. The molecule has 1 fully saturated rings. The zero-order valence-corrected chi connectivity index (χ0v) is 19.2. The summed E-state index contributed by atoms with van der Waals surface area (Å²) >= 11 is 2.90. The maximum absolute atomic E-state index is 12.6. The molecule has 1 aromatic carbocycles. The van der Waals surface area contributed by atoms with Crippen molar-refractivity contribution in [2.75, 3.05) is 5.32 Å². The van der Waals surface area contributed by atoms with Gasteiger partial charge in [-0.3, -0.25) is 14.4 Å². The van der Waals surface area contributed by atoms with Crippen LogP contribution in [0.1, 0.15) is 46.4 Å². The Bertz CT molecular complexity index is 1210. The van der Waals surface area contributed by atoms with Crippen LogP contribution in [-0.2, 0) is 10.5 Å². The van der Waals surface area contributed by atoms with Gasteiger partial charge in [0.2, 0.25) is 5.91 Å². The second-order valence-electron chi connectivity index (χ2n) is 7.75. The van der Waals surface area contributed by atoms with Crippen molar-refractivity contribution in [3.8, 4) is 0 Å². The molecule has 1 aliphatic carbocycles. The molecule has 0 unspecified atom stereocenters. The van der Waals surface area contributed by atoms with E-state index in [4.69, 9.17) is 0 Å². The first-order valence-corrected chi connectivity index (χ1v) is 12.0. The maximum Gasteiger partial charge on any atom is 0.259 e. The number of aromatic nitrogens is 2. The van der Waals surface area contributed by atoms with Crippen LogP contribution in [0.15, 0.2) is 29.1 Å². The predicted octanol–water partition coefficient (Wildman–Crippen LogP) is 3.75. The Kier molecular flexibility index (Phi) is 6.15. The van der Waals surface area contributed by atoms with E-state index in [1.807, 2.05) is 13.8 Å².